The summed E-state index contributed by atoms with van der Waals surface area (Å²) in [6.07, 6.45) is 5.00. The van der Waals surface area contributed by atoms with Crippen molar-refractivity contribution in [1.82, 2.24) is 14.9 Å². The summed E-state index contributed by atoms with van der Waals surface area (Å²) in [5.74, 6) is -1.32. The standard InChI is InChI=1S/C27H22ClN3O5/c1-35-21-12-22(36-2)19(28)11-17(21)25(32)23-24(18-13-30-20-6-4-3-5-16(18)20)31(27(34)26(23)33)14-15-7-9-29-10-8-15/h3-13,24,30,32H,14H2,1-2H3/b25-23+. The van der Waals surface area contributed by atoms with Crippen LogP contribution in [0.3, 0.4) is 0 Å². The number of H-pyrrole nitrogens is 1. The number of carbonyl (C=O) groups is 2. The maximum absolute atomic E-state index is 13.4. The van der Waals surface area contributed by atoms with Gasteiger partial charge in [-0.25, -0.2) is 0 Å². The van der Waals surface area contributed by atoms with Crippen LogP contribution in [0.2, 0.25) is 5.02 Å². The van der Waals surface area contributed by atoms with E-state index in [0.29, 0.717) is 11.3 Å². The number of aromatic amines is 1. The Balaban J connectivity index is 1.74. The van der Waals surface area contributed by atoms with Gasteiger partial charge in [-0.2, -0.15) is 0 Å². The molecule has 0 spiro atoms. The number of nitrogens with one attached hydrogen (secondary N) is 1. The zero-order valence-electron chi connectivity index (χ0n) is 19.5. The second-order valence-electron chi connectivity index (χ2n) is 8.26. The highest BCUT2D eigenvalue weighted by molar-refractivity contribution is 6.46. The van der Waals surface area contributed by atoms with E-state index in [2.05, 4.69) is 9.97 Å². The molecule has 1 amide bonds. The van der Waals surface area contributed by atoms with Gasteiger partial charge in [-0.15, -0.1) is 0 Å². The number of aliphatic hydroxyl groups excluding tert-OH is 1. The fraction of sp³-hybridized carbons (Fsp3) is 0.148. The molecule has 182 valence electrons. The van der Waals surface area contributed by atoms with Crippen LogP contribution in [0.4, 0.5) is 0 Å². The van der Waals surface area contributed by atoms with E-state index >= 15 is 0 Å². The number of rotatable bonds is 6. The first-order valence-electron chi connectivity index (χ1n) is 11.1. The van der Waals surface area contributed by atoms with Crippen molar-refractivity contribution in [3.05, 3.63) is 94.4 Å². The van der Waals surface area contributed by atoms with Crippen molar-refractivity contribution in [3.63, 3.8) is 0 Å². The molecule has 0 aliphatic carbocycles. The maximum Gasteiger partial charge on any atom is 0.295 e. The molecule has 2 aromatic heterocycles. The third kappa shape index (κ3) is 3.85. The van der Waals surface area contributed by atoms with Crippen LogP contribution in [0, 0.1) is 0 Å². The monoisotopic (exact) mass is 503 g/mol. The Kier molecular flexibility index (Phi) is 6.12. The largest absolute Gasteiger partial charge is 0.507 e. The van der Waals surface area contributed by atoms with E-state index in [0.717, 1.165) is 16.5 Å². The lowest BCUT2D eigenvalue weighted by Crippen LogP contribution is -2.29. The predicted octanol–water partition coefficient (Wildman–Crippen LogP) is 4.86. The van der Waals surface area contributed by atoms with Gasteiger partial charge in [0, 0.05) is 47.7 Å². The van der Waals surface area contributed by atoms with Gasteiger partial charge in [-0.05, 0) is 29.8 Å². The van der Waals surface area contributed by atoms with E-state index in [1.165, 1.54) is 31.3 Å². The number of fused-ring (bicyclic) bond motifs is 1. The minimum absolute atomic E-state index is 0.0571. The Morgan fingerprint density at radius 2 is 1.81 bits per heavy atom. The van der Waals surface area contributed by atoms with Crippen LogP contribution in [-0.4, -0.2) is 45.9 Å². The van der Waals surface area contributed by atoms with Crippen LogP contribution < -0.4 is 9.47 Å². The van der Waals surface area contributed by atoms with Gasteiger partial charge in [0.25, 0.3) is 11.7 Å². The number of hydrogen-bond donors (Lipinski definition) is 2. The van der Waals surface area contributed by atoms with E-state index in [4.69, 9.17) is 21.1 Å². The Morgan fingerprint density at radius 3 is 2.53 bits per heavy atom. The van der Waals surface area contributed by atoms with Gasteiger partial charge in [-0.1, -0.05) is 29.8 Å². The van der Waals surface area contributed by atoms with Crippen molar-refractivity contribution < 1.29 is 24.2 Å². The van der Waals surface area contributed by atoms with E-state index in [-0.39, 0.29) is 34.2 Å². The number of halogens is 1. The summed E-state index contributed by atoms with van der Waals surface area (Å²) in [4.78, 5) is 35.5. The highest BCUT2D eigenvalue weighted by Gasteiger charge is 2.47. The molecule has 2 aromatic carbocycles. The van der Waals surface area contributed by atoms with E-state index < -0.39 is 17.7 Å². The van der Waals surface area contributed by atoms with E-state index in [1.807, 2.05) is 24.3 Å². The van der Waals surface area contributed by atoms with Gasteiger partial charge >= 0.3 is 0 Å². The molecule has 3 heterocycles. The van der Waals surface area contributed by atoms with Crippen molar-refractivity contribution in [3.8, 4) is 11.5 Å². The van der Waals surface area contributed by atoms with E-state index in [1.54, 1.807) is 30.7 Å². The lowest BCUT2D eigenvalue weighted by molar-refractivity contribution is -0.140. The van der Waals surface area contributed by atoms with Crippen molar-refractivity contribution in [1.29, 1.82) is 0 Å². The first kappa shape index (κ1) is 23.4. The highest BCUT2D eigenvalue weighted by atomic mass is 35.5. The smallest absolute Gasteiger partial charge is 0.295 e. The normalized spacial score (nSPS) is 17.1. The lowest BCUT2D eigenvalue weighted by Gasteiger charge is -2.25. The number of aromatic nitrogens is 2. The van der Waals surface area contributed by atoms with Gasteiger partial charge in [0.15, 0.2) is 0 Å². The van der Waals surface area contributed by atoms with E-state index in [9.17, 15) is 14.7 Å². The molecule has 4 aromatic rings. The predicted molar refractivity (Wildman–Crippen MR) is 135 cm³/mol. The van der Waals surface area contributed by atoms with Gasteiger partial charge < -0.3 is 24.5 Å². The Labute approximate surface area is 211 Å². The molecule has 36 heavy (non-hydrogen) atoms. The molecule has 8 nitrogen and oxygen atoms in total. The van der Waals surface area contributed by atoms with Crippen molar-refractivity contribution in [2.45, 2.75) is 12.6 Å². The quantitative estimate of drug-likeness (QED) is 0.221. The molecule has 2 N–H and O–H groups in total. The molecule has 1 atom stereocenters. The summed E-state index contributed by atoms with van der Waals surface area (Å²) in [6, 6.07) is 13.2. The average molecular weight is 504 g/mol. The number of amides is 1. The van der Waals surface area contributed by atoms with Crippen molar-refractivity contribution in [2.24, 2.45) is 0 Å². The number of nitrogens with zero attached hydrogens (tertiary/aromatic N) is 2. The number of Topliss-reactive ketones (excluding diaryl/α,β-unsaturated/α-hetero) is 1. The number of benzene rings is 2. The second kappa shape index (κ2) is 9.39. The van der Waals surface area contributed by atoms with Crippen LogP contribution in [0.15, 0.2) is 72.7 Å². The number of ether oxygens (including phenoxy) is 2. The number of para-hydroxylation sites is 1. The minimum atomic E-state index is -0.861. The first-order chi connectivity index (χ1) is 17.4. The summed E-state index contributed by atoms with van der Waals surface area (Å²) < 4.78 is 10.7. The fourth-order valence-corrected chi connectivity index (χ4v) is 4.80. The Bertz CT molecular complexity index is 1510. The molecule has 5 rings (SSSR count). The van der Waals surface area contributed by atoms with Crippen molar-refractivity contribution >= 4 is 40.0 Å². The molecule has 1 unspecified atom stereocenters. The summed E-state index contributed by atoms with van der Waals surface area (Å²) in [6.45, 7) is 0.147. The molecule has 9 heteroatoms. The fourth-order valence-electron chi connectivity index (χ4n) is 4.56. The molecule has 1 aliphatic rings. The first-order valence-corrected chi connectivity index (χ1v) is 11.5. The molecule has 0 radical (unpaired) electrons. The SMILES string of the molecule is COc1cc(OC)c(/C(O)=C2\C(=O)C(=O)N(Cc3ccncc3)C2c2c[nH]c3ccccc23)cc1Cl. The molecule has 1 aliphatic heterocycles. The van der Waals surface area contributed by atoms with Crippen molar-refractivity contribution in [2.75, 3.05) is 14.2 Å². The molecular weight excluding hydrogens is 482 g/mol. The third-order valence-corrected chi connectivity index (χ3v) is 6.58. The van der Waals surface area contributed by atoms with Crippen LogP contribution in [0.25, 0.3) is 16.7 Å². The second-order valence-corrected chi connectivity index (χ2v) is 8.67. The van der Waals surface area contributed by atoms with Crippen LogP contribution >= 0.6 is 11.6 Å². The number of likely N-dealkylation sites (tertiary alicyclic amines) is 1. The number of pyridine rings is 1. The van der Waals surface area contributed by atoms with Crippen LogP contribution in [0.5, 0.6) is 11.5 Å². The minimum Gasteiger partial charge on any atom is -0.507 e. The number of ketones is 1. The number of aliphatic hydroxyl groups is 1. The molecular formula is C27H22ClN3O5. The Hall–Kier alpha value is -4.30. The van der Waals surface area contributed by atoms with Crippen LogP contribution in [-0.2, 0) is 16.1 Å². The van der Waals surface area contributed by atoms with Gasteiger partial charge in [0.2, 0.25) is 0 Å². The Morgan fingerprint density at radius 1 is 1.08 bits per heavy atom. The van der Waals surface area contributed by atoms with Gasteiger partial charge in [-0.3, -0.25) is 14.6 Å². The molecule has 1 saturated heterocycles. The summed E-state index contributed by atoms with van der Waals surface area (Å²) in [7, 11) is 2.89. The number of carbonyl (C=O) groups excluding carboxylic acids is 2. The zero-order valence-corrected chi connectivity index (χ0v) is 20.2. The third-order valence-electron chi connectivity index (χ3n) is 6.29. The number of hydrogen-bond acceptors (Lipinski definition) is 6. The topological polar surface area (TPSA) is 105 Å². The number of methoxy groups -OCH3 is 2. The van der Waals surface area contributed by atoms with Gasteiger partial charge in [0.05, 0.1) is 36.4 Å². The lowest BCUT2D eigenvalue weighted by atomic mass is 9.94. The highest BCUT2D eigenvalue weighted by Crippen LogP contribution is 2.45. The maximum atomic E-state index is 13.4. The summed E-state index contributed by atoms with van der Waals surface area (Å²) in [5.41, 5.74) is 2.43. The zero-order chi connectivity index (χ0) is 25.4. The summed E-state index contributed by atoms with van der Waals surface area (Å²) in [5, 5.41) is 12.6. The van der Waals surface area contributed by atoms with Gasteiger partial charge in [0.1, 0.15) is 17.3 Å². The molecule has 0 bridgehead atoms. The summed E-state index contributed by atoms with van der Waals surface area (Å²) >= 11 is 6.34. The molecule has 0 saturated carbocycles. The van der Waals surface area contributed by atoms with Crippen LogP contribution in [0.1, 0.15) is 22.7 Å². The average Bonchev–Trinajstić information content (AvgIpc) is 3.43. The molecule has 1 fully saturated rings.